The van der Waals surface area contributed by atoms with E-state index < -0.39 is 0 Å². The molecule has 0 amide bonds. The molecule has 0 spiro atoms. The van der Waals surface area contributed by atoms with Crippen LogP contribution < -0.4 is 0 Å². The van der Waals surface area contributed by atoms with E-state index in [9.17, 15) is 4.79 Å². The first-order valence-corrected chi connectivity index (χ1v) is 13.0. The van der Waals surface area contributed by atoms with Crippen LogP contribution in [0.25, 0.3) is 15.7 Å². The molecule has 32 heavy (non-hydrogen) atoms. The van der Waals surface area contributed by atoms with Crippen molar-refractivity contribution >= 4 is 32.8 Å². The van der Waals surface area contributed by atoms with Crippen LogP contribution in [-0.2, 0) is 4.79 Å². The van der Waals surface area contributed by atoms with E-state index in [1.165, 1.54) is 40.5 Å². The van der Waals surface area contributed by atoms with Gasteiger partial charge in [-0.2, -0.15) is 0 Å². The Kier molecular flexibility index (Phi) is 6.80. The van der Waals surface area contributed by atoms with Gasteiger partial charge in [-0.15, -0.1) is 11.3 Å². The molecule has 3 nitrogen and oxygen atoms in total. The van der Waals surface area contributed by atoms with Crippen molar-refractivity contribution in [3.63, 3.8) is 0 Å². The number of fused-ring (bicyclic) bond motifs is 1. The van der Waals surface area contributed by atoms with Gasteiger partial charge in [-0.1, -0.05) is 49.6 Å². The van der Waals surface area contributed by atoms with Gasteiger partial charge in [0.15, 0.2) is 0 Å². The monoisotopic (exact) mass is 444 g/mol. The van der Waals surface area contributed by atoms with Crippen LogP contribution in [0, 0.1) is 5.92 Å². The molecule has 2 aliphatic rings. The summed E-state index contributed by atoms with van der Waals surface area (Å²) in [6.07, 6.45) is 13.9. The topological polar surface area (TPSA) is 33.2 Å². The fourth-order valence-corrected chi connectivity index (χ4v) is 6.39. The second-order valence-corrected chi connectivity index (χ2v) is 10.2. The minimum atomic E-state index is -0.0166. The first-order valence-electron chi connectivity index (χ1n) is 12.1. The fraction of sp³-hybridized carbons (Fsp3) is 0.429. The number of Topliss-reactive ketones (excluding diaryl/α,β-unsaturated/α-hetero) is 1. The van der Waals surface area contributed by atoms with Crippen molar-refractivity contribution in [2.75, 3.05) is 19.6 Å². The summed E-state index contributed by atoms with van der Waals surface area (Å²) in [5.74, 6) is 0.681. The number of thiophene rings is 1. The number of carbonyl (C=O) groups excluding carboxylic acids is 1. The summed E-state index contributed by atoms with van der Waals surface area (Å²) in [5, 5.41) is 3.53. The highest BCUT2D eigenvalue weighted by molar-refractivity contribution is 7.17. The Morgan fingerprint density at radius 3 is 2.81 bits per heavy atom. The van der Waals surface area contributed by atoms with E-state index >= 15 is 0 Å². The average molecular weight is 445 g/mol. The highest BCUT2D eigenvalue weighted by Gasteiger charge is 2.30. The molecule has 1 unspecified atom stereocenters. The van der Waals surface area contributed by atoms with Crippen LogP contribution >= 0.6 is 11.3 Å². The number of aromatic nitrogens is 1. The summed E-state index contributed by atoms with van der Waals surface area (Å²) in [7, 11) is 0. The van der Waals surface area contributed by atoms with Crippen LogP contribution in [0.2, 0.25) is 0 Å². The van der Waals surface area contributed by atoms with Gasteiger partial charge in [0.2, 0.25) is 0 Å². The van der Waals surface area contributed by atoms with Gasteiger partial charge in [-0.3, -0.25) is 14.7 Å². The molecular formula is C28H32N2OS. The lowest BCUT2D eigenvalue weighted by molar-refractivity contribution is -0.125. The number of pyridine rings is 1. The number of hydrogen-bond donors (Lipinski definition) is 0. The predicted octanol–water partition coefficient (Wildman–Crippen LogP) is 6.71. The fourth-order valence-electron chi connectivity index (χ4n) is 5.44. The molecule has 166 valence electrons. The molecule has 1 aliphatic carbocycles. The van der Waals surface area contributed by atoms with Gasteiger partial charge in [-0.05, 0) is 71.8 Å². The maximum atomic E-state index is 13.5. The summed E-state index contributed by atoms with van der Waals surface area (Å²) >= 11 is 1.84. The summed E-state index contributed by atoms with van der Waals surface area (Å²) < 4.78 is 1.40. The Bertz CT molecular complexity index is 1080. The van der Waals surface area contributed by atoms with Crippen LogP contribution in [-0.4, -0.2) is 35.3 Å². The Labute approximate surface area is 195 Å². The number of ketones is 1. The second-order valence-electron chi connectivity index (χ2n) is 9.29. The third kappa shape index (κ3) is 4.72. The van der Waals surface area contributed by atoms with Gasteiger partial charge in [0.05, 0.1) is 0 Å². The lowest BCUT2D eigenvalue weighted by Crippen LogP contribution is -2.32. The molecule has 1 aliphatic heterocycles. The smallest absolute Gasteiger partial charge is 0.143 e. The van der Waals surface area contributed by atoms with E-state index in [-0.39, 0.29) is 11.8 Å². The molecule has 1 saturated carbocycles. The Hall–Kier alpha value is -2.30. The van der Waals surface area contributed by atoms with Crippen molar-refractivity contribution in [2.45, 2.75) is 50.9 Å². The van der Waals surface area contributed by atoms with Crippen LogP contribution in [0.15, 0.2) is 60.2 Å². The Morgan fingerprint density at radius 2 is 2.03 bits per heavy atom. The van der Waals surface area contributed by atoms with Crippen LogP contribution in [0.1, 0.15) is 62.0 Å². The van der Waals surface area contributed by atoms with E-state index in [1.807, 2.05) is 23.6 Å². The lowest BCUT2D eigenvalue weighted by Gasteiger charge is -2.30. The van der Waals surface area contributed by atoms with Crippen LogP contribution in [0.5, 0.6) is 0 Å². The van der Waals surface area contributed by atoms with Gasteiger partial charge >= 0.3 is 0 Å². The molecule has 1 fully saturated rings. The average Bonchev–Trinajstić information content (AvgIpc) is 3.35. The van der Waals surface area contributed by atoms with Crippen molar-refractivity contribution in [1.29, 1.82) is 0 Å². The Morgan fingerprint density at radius 1 is 1.12 bits per heavy atom. The zero-order chi connectivity index (χ0) is 21.8. The molecule has 4 heteroatoms. The summed E-state index contributed by atoms with van der Waals surface area (Å²) in [6, 6.07) is 12.9. The van der Waals surface area contributed by atoms with Crippen LogP contribution in [0.3, 0.4) is 0 Å². The highest BCUT2D eigenvalue weighted by Crippen LogP contribution is 2.34. The van der Waals surface area contributed by atoms with Crippen molar-refractivity contribution in [2.24, 2.45) is 5.92 Å². The molecule has 3 aromatic rings. The third-order valence-corrected chi connectivity index (χ3v) is 8.25. The molecule has 0 N–H and O–H groups in total. The number of carbonyl (C=O) groups is 1. The number of benzene rings is 1. The molecule has 1 atom stereocenters. The number of hydrogen-bond acceptors (Lipinski definition) is 4. The lowest BCUT2D eigenvalue weighted by atomic mass is 9.78. The van der Waals surface area contributed by atoms with Gasteiger partial charge in [0, 0.05) is 42.0 Å². The first kappa shape index (κ1) is 21.5. The second kappa shape index (κ2) is 10.1. The van der Waals surface area contributed by atoms with Gasteiger partial charge in [-0.25, -0.2) is 0 Å². The molecule has 5 rings (SSSR count). The quantitative estimate of drug-likeness (QED) is 0.406. The largest absolute Gasteiger partial charge is 0.299 e. The zero-order valence-corrected chi connectivity index (χ0v) is 19.5. The minimum Gasteiger partial charge on any atom is -0.299 e. The van der Waals surface area contributed by atoms with Crippen molar-refractivity contribution in [3.8, 4) is 0 Å². The van der Waals surface area contributed by atoms with Gasteiger partial charge in [0.1, 0.15) is 5.78 Å². The SMILES string of the molecule is O=C(C1CCCCC1)C(CCN1CC=C(c2cccc3ccsc23)CC1)c1cccnc1. The highest BCUT2D eigenvalue weighted by atomic mass is 32.1. The summed E-state index contributed by atoms with van der Waals surface area (Å²) in [4.78, 5) is 20.3. The first-order chi connectivity index (χ1) is 15.8. The zero-order valence-electron chi connectivity index (χ0n) is 18.7. The molecule has 0 bridgehead atoms. The van der Waals surface area contributed by atoms with Crippen molar-refractivity contribution in [1.82, 2.24) is 9.88 Å². The van der Waals surface area contributed by atoms with E-state index in [0.717, 1.165) is 50.9 Å². The standard InChI is InChI=1S/C28H32N2OS/c31-27(22-6-2-1-3-7-22)25(24-9-5-15-29-20-24)13-18-30-16-11-21(12-17-30)26-10-4-8-23-14-19-32-28(23)26/h4-5,8-11,14-15,19-20,22,25H,1-3,6-7,12-13,16-18H2. The number of rotatable bonds is 7. The number of nitrogens with zero attached hydrogens (tertiary/aromatic N) is 2. The van der Waals surface area contributed by atoms with Crippen molar-refractivity contribution in [3.05, 3.63) is 71.4 Å². The maximum absolute atomic E-state index is 13.5. The third-order valence-electron chi connectivity index (χ3n) is 7.29. The van der Waals surface area contributed by atoms with Gasteiger partial charge in [0.25, 0.3) is 0 Å². The normalized spacial score (nSPS) is 19.1. The van der Waals surface area contributed by atoms with Crippen molar-refractivity contribution < 1.29 is 4.79 Å². The summed E-state index contributed by atoms with van der Waals surface area (Å²) in [6.45, 7) is 2.99. The van der Waals surface area contributed by atoms with E-state index in [4.69, 9.17) is 0 Å². The molecular weight excluding hydrogens is 412 g/mol. The maximum Gasteiger partial charge on any atom is 0.143 e. The molecule has 0 radical (unpaired) electrons. The van der Waals surface area contributed by atoms with E-state index in [2.05, 4.69) is 51.7 Å². The summed E-state index contributed by atoms with van der Waals surface area (Å²) in [5.41, 5.74) is 3.97. The molecule has 3 heterocycles. The molecule has 0 saturated heterocycles. The molecule has 2 aromatic heterocycles. The van der Waals surface area contributed by atoms with E-state index in [1.54, 1.807) is 6.20 Å². The van der Waals surface area contributed by atoms with Crippen LogP contribution in [0.4, 0.5) is 0 Å². The Balaban J connectivity index is 1.26. The minimum absolute atomic E-state index is 0.0166. The molecule has 1 aromatic carbocycles. The van der Waals surface area contributed by atoms with Gasteiger partial charge < -0.3 is 0 Å². The predicted molar refractivity (Wildman–Crippen MR) is 134 cm³/mol. The van der Waals surface area contributed by atoms with E-state index in [0.29, 0.717) is 5.78 Å².